The number of carbonyl (C=O) groups is 2. The Kier molecular flexibility index (Phi) is 5.32. The van der Waals surface area contributed by atoms with Gasteiger partial charge < -0.3 is 5.11 Å². The summed E-state index contributed by atoms with van der Waals surface area (Å²) in [5, 5.41) is 15.9. The van der Waals surface area contributed by atoms with Crippen LogP contribution in [-0.4, -0.2) is 23.2 Å². The summed E-state index contributed by atoms with van der Waals surface area (Å²) in [6, 6.07) is 13.1. The zero-order valence-corrected chi connectivity index (χ0v) is 15.2. The molecular formula is C20H20N2O3S. The van der Waals surface area contributed by atoms with Crippen LogP contribution in [0.1, 0.15) is 36.1 Å². The highest BCUT2D eigenvalue weighted by atomic mass is 32.1. The molecule has 0 aliphatic heterocycles. The largest absolute Gasteiger partial charge is 0.480 e. The molecule has 0 bridgehead atoms. The molecule has 5 nitrogen and oxygen atoms in total. The van der Waals surface area contributed by atoms with E-state index in [1.807, 2.05) is 60.8 Å². The predicted octanol–water partition coefficient (Wildman–Crippen LogP) is 3.79. The van der Waals surface area contributed by atoms with Crippen molar-refractivity contribution in [2.75, 3.05) is 0 Å². The Morgan fingerprint density at radius 1 is 1.27 bits per heavy atom. The van der Waals surface area contributed by atoms with Crippen LogP contribution >= 0.6 is 11.3 Å². The number of carbonyl (C=O) groups excluding carboxylic acids is 1. The Hall–Kier alpha value is -2.73. The molecular weight excluding hydrogens is 348 g/mol. The Morgan fingerprint density at radius 2 is 2.04 bits per heavy atom. The molecule has 134 valence electrons. The van der Waals surface area contributed by atoms with E-state index in [1.165, 1.54) is 17.6 Å². The number of nitrogens with zero attached hydrogens (tertiary/aromatic N) is 1. The Balaban J connectivity index is 1.93. The first kappa shape index (κ1) is 18.1. The van der Waals surface area contributed by atoms with Crippen LogP contribution in [0.3, 0.4) is 0 Å². The molecule has 26 heavy (non-hydrogen) atoms. The quantitative estimate of drug-likeness (QED) is 0.365. The van der Waals surface area contributed by atoms with Crippen molar-refractivity contribution in [2.45, 2.75) is 25.7 Å². The molecule has 0 saturated heterocycles. The topological polar surface area (TPSA) is 78.8 Å². The minimum atomic E-state index is -1.58. The molecule has 0 radical (unpaired) electrons. The van der Waals surface area contributed by atoms with Gasteiger partial charge in [-0.15, -0.1) is 11.3 Å². The average Bonchev–Trinajstić information content (AvgIpc) is 3.15. The van der Waals surface area contributed by atoms with E-state index in [2.05, 4.69) is 10.5 Å². The van der Waals surface area contributed by atoms with E-state index in [9.17, 15) is 14.7 Å². The summed E-state index contributed by atoms with van der Waals surface area (Å²) in [5.41, 5.74) is 2.81. The SMILES string of the molecule is CC1=CC[C@@](C(=O)O)(C(=O)N/N=C\c2cccs2)[C@H](c2ccccc2)C1. The maximum absolute atomic E-state index is 12.9. The first-order valence-corrected chi connectivity index (χ1v) is 9.23. The number of nitrogens with one attached hydrogen (secondary N) is 1. The number of carboxylic acid groups (broad SMARTS) is 1. The number of rotatable bonds is 5. The zero-order valence-electron chi connectivity index (χ0n) is 14.4. The summed E-state index contributed by atoms with van der Waals surface area (Å²) in [6.45, 7) is 1.97. The molecule has 3 rings (SSSR count). The summed E-state index contributed by atoms with van der Waals surface area (Å²) in [7, 11) is 0. The Labute approximate surface area is 156 Å². The Morgan fingerprint density at radius 3 is 2.69 bits per heavy atom. The highest BCUT2D eigenvalue weighted by Crippen LogP contribution is 2.47. The number of carboxylic acids is 1. The van der Waals surface area contributed by atoms with E-state index in [1.54, 1.807) is 0 Å². The second kappa shape index (κ2) is 7.66. The monoisotopic (exact) mass is 368 g/mol. The van der Waals surface area contributed by atoms with Crippen molar-refractivity contribution in [1.29, 1.82) is 0 Å². The zero-order chi connectivity index (χ0) is 18.6. The fourth-order valence-electron chi connectivity index (χ4n) is 3.35. The summed E-state index contributed by atoms with van der Waals surface area (Å²) >= 11 is 1.49. The number of benzene rings is 1. The van der Waals surface area contributed by atoms with Crippen LogP contribution in [0.25, 0.3) is 0 Å². The van der Waals surface area contributed by atoms with Crippen LogP contribution in [0, 0.1) is 5.41 Å². The molecule has 2 atom stereocenters. The first-order chi connectivity index (χ1) is 12.5. The highest BCUT2D eigenvalue weighted by molar-refractivity contribution is 7.11. The van der Waals surface area contributed by atoms with E-state index >= 15 is 0 Å². The van der Waals surface area contributed by atoms with Crippen LogP contribution in [0.15, 0.2) is 64.6 Å². The van der Waals surface area contributed by atoms with Crippen LogP contribution < -0.4 is 5.43 Å². The van der Waals surface area contributed by atoms with Crippen LogP contribution in [0.5, 0.6) is 0 Å². The first-order valence-electron chi connectivity index (χ1n) is 8.35. The van der Waals surface area contributed by atoms with Crippen molar-refractivity contribution in [3.63, 3.8) is 0 Å². The lowest BCUT2D eigenvalue weighted by molar-refractivity contribution is -0.158. The second-order valence-electron chi connectivity index (χ2n) is 6.41. The fourth-order valence-corrected chi connectivity index (χ4v) is 3.93. The fraction of sp³-hybridized carbons (Fsp3) is 0.250. The molecule has 2 aromatic rings. The van der Waals surface area contributed by atoms with Gasteiger partial charge in [0.2, 0.25) is 0 Å². The van der Waals surface area contributed by atoms with Crippen molar-refractivity contribution in [1.82, 2.24) is 5.43 Å². The van der Waals surface area contributed by atoms with Gasteiger partial charge in [0.05, 0.1) is 6.21 Å². The molecule has 1 aromatic carbocycles. The molecule has 0 unspecified atom stereocenters. The highest BCUT2D eigenvalue weighted by Gasteiger charge is 2.53. The molecule has 1 aliphatic rings. The van der Waals surface area contributed by atoms with E-state index in [4.69, 9.17) is 0 Å². The third kappa shape index (κ3) is 3.46. The van der Waals surface area contributed by atoms with E-state index in [0.29, 0.717) is 6.42 Å². The van der Waals surface area contributed by atoms with Crippen LogP contribution in [-0.2, 0) is 9.59 Å². The number of hydrazone groups is 1. The van der Waals surface area contributed by atoms with Crippen LogP contribution in [0.2, 0.25) is 0 Å². The summed E-state index contributed by atoms with van der Waals surface area (Å²) in [6.07, 6.45) is 4.04. The molecule has 1 aliphatic carbocycles. The van der Waals surface area contributed by atoms with Gasteiger partial charge in [0.1, 0.15) is 0 Å². The summed E-state index contributed by atoms with van der Waals surface area (Å²) in [4.78, 5) is 26.1. The van der Waals surface area contributed by atoms with Gasteiger partial charge in [-0.2, -0.15) is 5.10 Å². The summed E-state index contributed by atoms with van der Waals surface area (Å²) < 4.78 is 0. The number of amides is 1. The van der Waals surface area contributed by atoms with Gasteiger partial charge in [-0.05, 0) is 36.8 Å². The van der Waals surface area contributed by atoms with E-state index in [0.717, 1.165) is 16.0 Å². The lowest BCUT2D eigenvalue weighted by atomic mass is 9.64. The van der Waals surface area contributed by atoms with Crippen molar-refractivity contribution in [2.24, 2.45) is 10.5 Å². The van der Waals surface area contributed by atoms with E-state index in [-0.39, 0.29) is 6.42 Å². The van der Waals surface area contributed by atoms with Crippen LogP contribution in [0.4, 0.5) is 0 Å². The van der Waals surface area contributed by atoms with Gasteiger partial charge >= 0.3 is 5.97 Å². The minimum Gasteiger partial charge on any atom is -0.480 e. The van der Waals surface area contributed by atoms with Gasteiger partial charge in [0, 0.05) is 10.8 Å². The second-order valence-corrected chi connectivity index (χ2v) is 7.39. The molecule has 1 heterocycles. The summed E-state index contributed by atoms with van der Waals surface area (Å²) in [5.74, 6) is -2.16. The predicted molar refractivity (Wildman–Crippen MR) is 102 cm³/mol. The van der Waals surface area contributed by atoms with Gasteiger partial charge in [-0.25, -0.2) is 5.43 Å². The normalized spacial score (nSPS) is 22.8. The average molecular weight is 368 g/mol. The van der Waals surface area contributed by atoms with Crippen molar-refractivity contribution < 1.29 is 14.7 Å². The van der Waals surface area contributed by atoms with Crippen molar-refractivity contribution in [3.05, 3.63) is 69.9 Å². The van der Waals surface area contributed by atoms with Gasteiger partial charge in [-0.3, -0.25) is 9.59 Å². The molecule has 1 aromatic heterocycles. The Bertz CT molecular complexity index is 843. The number of thiophene rings is 1. The molecule has 0 fully saturated rings. The lowest BCUT2D eigenvalue weighted by Gasteiger charge is -2.38. The van der Waals surface area contributed by atoms with Gasteiger partial charge in [0.25, 0.3) is 5.91 Å². The number of aliphatic carboxylic acids is 1. The van der Waals surface area contributed by atoms with Gasteiger partial charge in [-0.1, -0.05) is 48.0 Å². The third-order valence-electron chi connectivity index (χ3n) is 4.78. The maximum Gasteiger partial charge on any atom is 0.320 e. The van der Waals surface area contributed by atoms with E-state index < -0.39 is 23.2 Å². The number of hydrogen-bond acceptors (Lipinski definition) is 4. The molecule has 0 saturated carbocycles. The molecule has 6 heteroatoms. The van der Waals surface area contributed by atoms with Gasteiger partial charge in [0.15, 0.2) is 5.41 Å². The molecule has 1 amide bonds. The number of hydrogen-bond donors (Lipinski definition) is 2. The molecule has 0 spiro atoms. The molecule has 2 N–H and O–H groups in total. The van der Waals surface area contributed by atoms with Crippen molar-refractivity contribution >= 4 is 29.4 Å². The lowest BCUT2D eigenvalue weighted by Crippen LogP contribution is -2.50. The smallest absolute Gasteiger partial charge is 0.320 e. The minimum absolute atomic E-state index is 0.147. The van der Waals surface area contributed by atoms with Crippen molar-refractivity contribution in [3.8, 4) is 0 Å². The third-order valence-corrected chi connectivity index (χ3v) is 5.59. The maximum atomic E-state index is 12.9. The number of allylic oxidation sites excluding steroid dienone is 2. The standard InChI is InChI=1S/C20H20N2O3S/c1-14-9-10-20(19(24)25,17(12-14)15-6-3-2-4-7-15)18(23)22-21-13-16-8-5-11-26-16/h2-9,11,13,17H,10,12H2,1H3,(H,22,23)(H,24,25)/b21-13-/t17-,20-/m0/s1.